The van der Waals surface area contributed by atoms with Crippen LogP contribution in [-0.4, -0.2) is 40.1 Å². The molecule has 2 aromatic carbocycles. The van der Waals surface area contributed by atoms with E-state index in [1.807, 2.05) is 39.8 Å². The Kier molecular flexibility index (Phi) is 6.02. The lowest BCUT2D eigenvalue weighted by atomic mass is 10.1. The van der Waals surface area contributed by atoms with Crippen molar-refractivity contribution >= 4 is 35.2 Å². The molecule has 1 aliphatic rings. The molecule has 2 heterocycles. The highest BCUT2D eigenvalue weighted by molar-refractivity contribution is 6.35. The van der Waals surface area contributed by atoms with Crippen LogP contribution in [-0.2, 0) is 9.53 Å². The molecule has 3 amide bonds. The van der Waals surface area contributed by atoms with Crippen LogP contribution in [0.15, 0.2) is 48.7 Å². The molecule has 0 saturated carbocycles. The number of carbonyl (C=O) groups is 4. The first-order valence-corrected chi connectivity index (χ1v) is 10.8. The number of nitrogens with zero attached hydrogens (tertiary/aromatic N) is 3. The van der Waals surface area contributed by atoms with E-state index in [0.29, 0.717) is 11.5 Å². The van der Waals surface area contributed by atoms with Crippen LogP contribution in [0.1, 0.15) is 62.1 Å². The predicted octanol–water partition coefficient (Wildman–Crippen LogP) is 3.68. The van der Waals surface area contributed by atoms with Crippen LogP contribution in [0, 0.1) is 13.8 Å². The smallest absolute Gasteiger partial charge is 0.338 e. The molecule has 0 spiro atoms. The summed E-state index contributed by atoms with van der Waals surface area (Å²) in [4.78, 5) is 51.9. The Morgan fingerprint density at radius 3 is 2.47 bits per heavy atom. The monoisotopic (exact) mass is 460 g/mol. The van der Waals surface area contributed by atoms with Crippen LogP contribution in [0.25, 0.3) is 0 Å². The van der Waals surface area contributed by atoms with Gasteiger partial charge < -0.3 is 10.1 Å². The van der Waals surface area contributed by atoms with E-state index in [1.54, 1.807) is 23.0 Å². The molecule has 9 heteroatoms. The minimum absolute atomic E-state index is 0.0441. The van der Waals surface area contributed by atoms with E-state index in [-0.39, 0.29) is 22.7 Å². The highest BCUT2D eigenvalue weighted by atomic mass is 16.5. The van der Waals surface area contributed by atoms with Gasteiger partial charge in [0.2, 0.25) is 0 Å². The molecule has 34 heavy (non-hydrogen) atoms. The van der Waals surface area contributed by atoms with E-state index in [9.17, 15) is 19.2 Å². The number of aryl methyl sites for hydroxylation is 2. The normalized spacial score (nSPS) is 12.8. The summed E-state index contributed by atoms with van der Waals surface area (Å²) in [7, 11) is 0. The van der Waals surface area contributed by atoms with E-state index in [1.165, 1.54) is 18.2 Å². The molecule has 0 saturated heterocycles. The fourth-order valence-electron chi connectivity index (χ4n) is 3.77. The molecule has 174 valence electrons. The summed E-state index contributed by atoms with van der Waals surface area (Å²) in [6.45, 7) is 7.02. The van der Waals surface area contributed by atoms with Crippen LogP contribution >= 0.6 is 0 Å². The Hall–Kier alpha value is -4.27. The number of hydrogen-bond acceptors (Lipinski definition) is 6. The second-order valence-corrected chi connectivity index (χ2v) is 8.38. The van der Waals surface area contributed by atoms with Crippen LogP contribution in [0.3, 0.4) is 0 Å². The first-order chi connectivity index (χ1) is 16.2. The molecular weight excluding hydrogens is 436 g/mol. The van der Waals surface area contributed by atoms with Gasteiger partial charge in [0, 0.05) is 12.1 Å². The van der Waals surface area contributed by atoms with Crippen LogP contribution in [0.2, 0.25) is 0 Å². The third-order valence-electron chi connectivity index (χ3n) is 5.49. The molecule has 0 fully saturated rings. The van der Waals surface area contributed by atoms with Gasteiger partial charge in [0.1, 0.15) is 5.82 Å². The standard InChI is InChI=1S/C25H24N4O5/c1-14(2)29-21(9-10-26-29)27-22(30)13-34-25(33)17-7-8-18-19(12-17)24(32)28(23(18)31)20-11-15(3)5-6-16(20)4/h5-12,14H,13H2,1-4H3,(H,27,30). The van der Waals surface area contributed by atoms with Gasteiger partial charge in [0.25, 0.3) is 17.7 Å². The van der Waals surface area contributed by atoms with E-state index < -0.39 is 30.3 Å². The van der Waals surface area contributed by atoms with Crippen molar-refractivity contribution < 1.29 is 23.9 Å². The second-order valence-electron chi connectivity index (χ2n) is 8.38. The number of esters is 1. The van der Waals surface area contributed by atoms with Gasteiger partial charge in [-0.1, -0.05) is 12.1 Å². The summed E-state index contributed by atoms with van der Waals surface area (Å²) < 4.78 is 6.75. The molecule has 1 aromatic heterocycles. The Morgan fingerprint density at radius 2 is 1.74 bits per heavy atom. The van der Waals surface area contributed by atoms with Gasteiger partial charge in [-0.3, -0.25) is 14.4 Å². The van der Waals surface area contributed by atoms with Gasteiger partial charge in [0.05, 0.1) is 28.6 Å². The summed E-state index contributed by atoms with van der Waals surface area (Å²) in [5.74, 6) is -1.77. The number of nitrogens with one attached hydrogen (secondary N) is 1. The van der Waals surface area contributed by atoms with Crippen molar-refractivity contribution in [1.29, 1.82) is 0 Å². The third kappa shape index (κ3) is 4.19. The lowest BCUT2D eigenvalue weighted by Gasteiger charge is -2.17. The molecule has 0 atom stereocenters. The maximum Gasteiger partial charge on any atom is 0.338 e. The van der Waals surface area contributed by atoms with E-state index in [2.05, 4.69) is 10.4 Å². The Morgan fingerprint density at radius 1 is 1.00 bits per heavy atom. The third-order valence-corrected chi connectivity index (χ3v) is 5.49. The highest BCUT2D eigenvalue weighted by Crippen LogP contribution is 2.32. The molecule has 9 nitrogen and oxygen atoms in total. The quantitative estimate of drug-likeness (QED) is 0.444. The van der Waals surface area contributed by atoms with E-state index in [0.717, 1.165) is 16.0 Å². The van der Waals surface area contributed by atoms with Crippen molar-refractivity contribution in [3.8, 4) is 0 Å². The fraction of sp³-hybridized carbons (Fsp3) is 0.240. The number of imide groups is 1. The molecule has 1 N–H and O–H groups in total. The number of aromatic nitrogens is 2. The topological polar surface area (TPSA) is 111 Å². The van der Waals surface area contributed by atoms with E-state index >= 15 is 0 Å². The predicted molar refractivity (Wildman–Crippen MR) is 125 cm³/mol. The van der Waals surface area contributed by atoms with Crippen LogP contribution in [0.4, 0.5) is 11.5 Å². The second kappa shape index (κ2) is 8.93. The minimum atomic E-state index is -0.777. The average molecular weight is 460 g/mol. The number of hydrogen-bond donors (Lipinski definition) is 1. The number of rotatable bonds is 6. The van der Waals surface area contributed by atoms with Gasteiger partial charge >= 0.3 is 5.97 Å². The molecular formula is C25H24N4O5. The molecule has 3 aromatic rings. The SMILES string of the molecule is Cc1ccc(C)c(N2C(=O)c3ccc(C(=O)OCC(=O)Nc4ccnn4C(C)C)cc3C2=O)c1. The Balaban J connectivity index is 1.47. The van der Waals surface area contributed by atoms with E-state index in [4.69, 9.17) is 4.74 Å². The van der Waals surface area contributed by atoms with Crippen LogP contribution < -0.4 is 10.2 Å². The average Bonchev–Trinajstić information content (AvgIpc) is 3.36. The molecule has 1 aliphatic heterocycles. The van der Waals surface area contributed by atoms with Gasteiger partial charge in [-0.15, -0.1) is 0 Å². The number of anilines is 2. The van der Waals surface area contributed by atoms with Gasteiger partial charge in [0.15, 0.2) is 6.61 Å². The summed E-state index contributed by atoms with van der Waals surface area (Å²) in [6.07, 6.45) is 1.56. The number of amides is 3. The first-order valence-electron chi connectivity index (χ1n) is 10.8. The van der Waals surface area contributed by atoms with Gasteiger partial charge in [-0.25, -0.2) is 14.4 Å². The summed E-state index contributed by atoms with van der Waals surface area (Å²) >= 11 is 0. The Bertz CT molecular complexity index is 1320. The van der Waals surface area contributed by atoms with Gasteiger partial charge in [-0.05, 0) is 63.1 Å². The number of carbonyl (C=O) groups excluding carboxylic acids is 4. The van der Waals surface area contributed by atoms with Crippen molar-refractivity contribution in [2.45, 2.75) is 33.7 Å². The largest absolute Gasteiger partial charge is 0.452 e. The number of benzene rings is 2. The molecule has 0 aliphatic carbocycles. The zero-order chi connectivity index (χ0) is 24.6. The maximum atomic E-state index is 13.1. The van der Waals surface area contributed by atoms with Crippen molar-refractivity contribution in [3.05, 3.63) is 76.5 Å². The van der Waals surface area contributed by atoms with Crippen molar-refractivity contribution in [1.82, 2.24) is 9.78 Å². The molecule has 0 radical (unpaired) electrons. The van der Waals surface area contributed by atoms with Gasteiger partial charge in [-0.2, -0.15) is 5.10 Å². The first kappa shape index (κ1) is 22.9. The summed E-state index contributed by atoms with van der Waals surface area (Å²) in [5, 5.41) is 6.77. The maximum absolute atomic E-state index is 13.1. The zero-order valence-corrected chi connectivity index (χ0v) is 19.3. The number of fused-ring (bicyclic) bond motifs is 1. The summed E-state index contributed by atoms with van der Waals surface area (Å²) in [5.41, 5.74) is 2.60. The minimum Gasteiger partial charge on any atom is -0.452 e. The Labute approximate surface area is 196 Å². The van der Waals surface area contributed by atoms with Crippen molar-refractivity contribution in [3.63, 3.8) is 0 Å². The summed E-state index contributed by atoms with van der Waals surface area (Å²) in [6, 6.07) is 11.4. The fourth-order valence-corrected chi connectivity index (χ4v) is 3.77. The zero-order valence-electron chi connectivity index (χ0n) is 19.3. The van der Waals surface area contributed by atoms with Crippen LogP contribution in [0.5, 0.6) is 0 Å². The molecule has 0 unspecified atom stereocenters. The van der Waals surface area contributed by atoms with Crippen molar-refractivity contribution in [2.75, 3.05) is 16.8 Å². The van der Waals surface area contributed by atoms with Crippen molar-refractivity contribution in [2.24, 2.45) is 0 Å². The highest BCUT2D eigenvalue weighted by Gasteiger charge is 2.38. The molecule has 4 rings (SSSR count). The number of ether oxygens (including phenoxy) is 1. The lowest BCUT2D eigenvalue weighted by molar-refractivity contribution is -0.119. The molecule has 0 bridgehead atoms. The lowest BCUT2D eigenvalue weighted by Crippen LogP contribution is -2.30.